The molecule has 3 atom stereocenters. The number of aryl methyl sites for hydroxylation is 1. The van der Waals surface area contributed by atoms with Gasteiger partial charge in [0.25, 0.3) is 5.91 Å². The van der Waals surface area contributed by atoms with Crippen LogP contribution in [-0.2, 0) is 4.79 Å². The fourth-order valence-corrected chi connectivity index (χ4v) is 3.71. The van der Waals surface area contributed by atoms with Crippen molar-refractivity contribution in [3.05, 3.63) is 27.5 Å². The average molecular weight is 307 g/mol. The summed E-state index contributed by atoms with van der Waals surface area (Å²) >= 11 is 1.33. The molecule has 0 saturated heterocycles. The Kier molecular flexibility index (Phi) is 4.83. The molecule has 2 N–H and O–H groups in total. The molecule has 4 nitrogen and oxygen atoms in total. The molecule has 1 aliphatic rings. The van der Waals surface area contributed by atoms with Gasteiger partial charge in [0.2, 0.25) is 0 Å². The maximum absolute atomic E-state index is 12.3. The lowest BCUT2D eigenvalue weighted by Gasteiger charge is -2.19. The summed E-state index contributed by atoms with van der Waals surface area (Å²) in [5.41, 5.74) is 0.926. The van der Waals surface area contributed by atoms with Crippen molar-refractivity contribution in [2.75, 3.05) is 0 Å². The summed E-state index contributed by atoms with van der Waals surface area (Å²) in [6.07, 6.45) is 4.83. The van der Waals surface area contributed by atoms with Gasteiger partial charge in [-0.3, -0.25) is 4.79 Å². The number of hydrogen-bond acceptors (Lipinski definition) is 3. The second kappa shape index (κ2) is 6.43. The highest BCUT2D eigenvalue weighted by molar-refractivity contribution is 7.15. The molecule has 3 unspecified atom stereocenters. The molecule has 1 amide bonds. The van der Waals surface area contributed by atoms with Crippen molar-refractivity contribution in [1.82, 2.24) is 5.32 Å². The zero-order valence-electron chi connectivity index (χ0n) is 12.6. The molecule has 0 bridgehead atoms. The SMILES string of the molecule is Cc1cc(C(=O)NC2CCC(C)C2C)sc1/C=C/C(=O)O. The van der Waals surface area contributed by atoms with Gasteiger partial charge in [-0.05, 0) is 49.3 Å². The van der Waals surface area contributed by atoms with E-state index < -0.39 is 5.97 Å². The summed E-state index contributed by atoms with van der Waals surface area (Å²) in [7, 11) is 0. The minimum absolute atomic E-state index is 0.0518. The number of hydrogen-bond donors (Lipinski definition) is 2. The van der Waals surface area contributed by atoms with Crippen LogP contribution in [0.1, 0.15) is 46.8 Å². The van der Waals surface area contributed by atoms with Crippen molar-refractivity contribution in [2.45, 2.75) is 39.7 Å². The first kappa shape index (κ1) is 15.8. The normalized spacial score (nSPS) is 25.4. The molecule has 0 aromatic carbocycles. The second-order valence-electron chi connectivity index (χ2n) is 5.82. The van der Waals surface area contributed by atoms with E-state index in [1.165, 1.54) is 11.3 Å². The van der Waals surface area contributed by atoms with Crippen LogP contribution in [-0.4, -0.2) is 23.0 Å². The van der Waals surface area contributed by atoms with Crippen LogP contribution in [0.2, 0.25) is 0 Å². The average Bonchev–Trinajstić information content (AvgIpc) is 2.94. The quantitative estimate of drug-likeness (QED) is 0.839. The van der Waals surface area contributed by atoms with Crippen LogP contribution >= 0.6 is 11.3 Å². The summed E-state index contributed by atoms with van der Waals surface area (Å²) < 4.78 is 0. The van der Waals surface area contributed by atoms with E-state index in [-0.39, 0.29) is 11.9 Å². The van der Waals surface area contributed by atoms with Gasteiger partial charge < -0.3 is 10.4 Å². The van der Waals surface area contributed by atoms with Crippen molar-refractivity contribution >= 4 is 29.3 Å². The van der Waals surface area contributed by atoms with Gasteiger partial charge in [0.05, 0.1) is 4.88 Å². The lowest BCUT2D eigenvalue weighted by molar-refractivity contribution is -0.131. The largest absolute Gasteiger partial charge is 0.478 e. The summed E-state index contributed by atoms with van der Waals surface area (Å²) in [5, 5.41) is 11.8. The summed E-state index contributed by atoms with van der Waals surface area (Å²) in [4.78, 5) is 24.3. The Bertz CT molecular complexity index is 576. The molecule has 1 aliphatic carbocycles. The predicted octanol–water partition coefficient (Wildman–Crippen LogP) is 3.32. The second-order valence-corrected chi connectivity index (χ2v) is 6.91. The Balaban J connectivity index is 2.06. The molecule has 1 aromatic heterocycles. The maximum Gasteiger partial charge on any atom is 0.328 e. The van der Waals surface area contributed by atoms with Crippen molar-refractivity contribution in [3.8, 4) is 0 Å². The molecule has 1 heterocycles. The molecule has 114 valence electrons. The zero-order chi connectivity index (χ0) is 15.6. The van der Waals surface area contributed by atoms with E-state index >= 15 is 0 Å². The summed E-state index contributed by atoms with van der Waals surface area (Å²) in [5.74, 6) is 0.113. The Labute approximate surface area is 128 Å². The van der Waals surface area contributed by atoms with Crippen LogP contribution in [0.4, 0.5) is 0 Å². The van der Waals surface area contributed by atoms with Gasteiger partial charge in [-0.1, -0.05) is 13.8 Å². The third-order valence-corrected chi connectivity index (χ3v) is 5.54. The minimum atomic E-state index is -0.984. The number of aliphatic carboxylic acids is 1. The number of carbonyl (C=O) groups excluding carboxylic acids is 1. The Hall–Kier alpha value is -1.62. The number of amides is 1. The standard InChI is InChI=1S/C16H21NO3S/c1-9-4-5-12(11(9)3)17-16(20)14-8-10(2)13(21-14)6-7-15(18)19/h6-9,11-12H,4-5H2,1-3H3,(H,17,20)(H,18,19)/b7-6+. The molecule has 0 radical (unpaired) electrons. The van der Waals surface area contributed by atoms with Crippen molar-refractivity contribution in [3.63, 3.8) is 0 Å². The van der Waals surface area contributed by atoms with Crippen LogP contribution in [0, 0.1) is 18.8 Å². The predicted molar refractivity (Wildman–Crippen MR) is 84.5 cm³/mol. The first-order valence-electron chi connectivity index (χ1n) is 7.20. The number of carbonyl (C=O) groups is 2. The minimum Gasteiger partial charge on any atom is -0.478 e. The molecular weight excluding hydrogens is 286 g/mol. The van der Waals surface area contributed by atoms with E-state index in [0.717, 1.165) is 29.4 Å². The van der Waals surface area contributed by atoms with E-state index in [2.05, 4.69) is 19.2 Å². The molecule has 0 spiro atoms. The van der Waals surface area contributed by atoms with Crippen LogP contribution in [0.5, 0.6) is 0 Å². The van der Waals surface area contributed by atoms with Gasteiger partial charge in [-0.25, -0.2) is 4.79 Å². The number of carboxylic acids is 1. The molecule has 1 saturated carbocycles. The fraction of sp³-hybridized carbons (Fsp3) is 0.500. The first-order chi connectivity index (χ1) is 9.88. The van der Waals surface area contributed by atoms with Crippen molar-refractivity contribution < 1.29 is 14.7 Å². The molecule has 1 aromatic rings. The van der Waals surface area contributed by atoms with E-state index in [9.17, 15) is 9.59 Å². The Morgan fingerprint density at radius 3 is 2.67 bits per heavy atom. The van der Waals surface area contributed by atoms with Gasteiger partial charge in [-0.15, -0.1) is 11.3 Å². The molecule has 21 heavy (non-hydrogen) atoms. The topological polar surface area (TPSA) is 66.4 Å². The maximum atomic E-state index is 12.3. The van der Waals surface area contributed by atoms with E-state index in [4.69, 9.17) is 5.11 Å². The third-order valence-electron chi connectivity index (χ3n) is 4.34. The van der Waals surface area contributed by atoms with Gasteiger partial charge in [-0.2, -0.15) is 0 Å². The lowest BCUT2D eigenvalue weighted by atomic mass is 9.98. The van der Waals surface area contributed by atoms with Gasteiger partial charge in [0, 0.05) is 17.0 Å². The van der Waals surface area contributed by atoms with Crippen LogP contribution in [0.3, 0.4) is 0 Å². The van der Waals surface area contributed by atoms with E-state index in [1.54, 1.807) is 6.08 Å². The van der Waals surface area contributed by atoms with Crippen LogP contribution in [0.25, 0.3) is 6.08 Å². The smallest absolute Gasteiger partial charge is 0.328 e. The molecule has 5 heteroatoms. The number of carboxylic acid groups (broad SMARTS) is 1. The molecular formula is C16H21NO3S. The lowest BCUT2D eigenvalue weighted by Crippen LogP contribution is -2.36. The Morgan fingerprint density at radius 2 is 2.10 bits per heavy atom. The third kappa shape index (κ3) is 3.73. The fourth-order valence-electron chi connectivity index (χ4n) is 2.73. The number of nitrogens with one attached hydrogen (secondary N) is 1. The van der Waals surface area contributed by atoms with Crippen molar-refractivity contribution in [1.29, 1.82) is 0 Å². The molecule has 1 fully saturated rings. The molecule has 2 rings (SSSR count). The summed E-state index contributed by atoms with van der Waals surface area (Å²) in [6, 6.07) is 2.07. The molecule has 0 aliphatic heterocycles. The van der Waals surface area contributed by atoms with Crippen LogP contribution in [0.15, 0.2) is 12.1 Å². The van der Waals surface area contributed by atoms with Gasteiger partial charge in [0.1, 0.15) is 0 Å². The zero-order valence-corrected chi connectivity index (χ0v) is 13.4. The Morgan fingerprint density at radius 1 is 1.38 bits per heavy atom. The monoisotopic (exact) mass is 307 g/mol. The van der Waals surface area contributed by atoms with E-state index in [0.29, 0.717) is 16.7 Å². The van der Waals surface area contributed by atoms with Crippen molar-refractivity contribution in [2.24, 2.45) is 11.8 Å². The number of thiophene rings is 1. The highest BCUT2D eigenvalue weighted by Crippen LogP contribution is 2.31. The van der Waals surface area contributed by atoms with Gasteiger partial charge in [0.15, 0.2) is 0 Å². The van der Waals surface area contributed by atoms with Gasteiger partial charge >= 0.3 is 5.97 Å². The summed E-state index contributed by atoms with van der Waals surface area (Å²) in [6.45, 7) is 6.29. The number of rotatable bonds is 4. The first-order valence-corrected chi connectivity index (χ1v) is 8.02. The van der Waals surface area contributed by atoms with E-state index in [1.807, 2.05) is 13.0 Å². The van der Waals surface area contributed by atoms with Crippen LogP contribution < -0.4 is 5.32 Å². The highest BCUT2D eigenvalue weighted by Gasteiger charge is 2.31. The highest BCUT2D eigenvalue weighted by atomic mass is 32.1.